The zero-order valence-corrected chi connectivity index (χ0v) is 12.2. The summed E-state index contributed by atoms with van der Waals surface area (Å²) < 4.78 is 1.65. The average molecular weight is 318 g/mol. The predicted octanol–water partition coefficient (Wildman–Crippen LogP) is 4.21. The summed E-state index contributed by atoms with van der Waals surface area (Å²) >= 11 is 11.4. The minimum Gasteiger partial charge on any atom is -0.313 e. The van der Waals surface area contributed by atoms with E-state index in [0.29, 0.717) is 10.6 Å². The molecule has 0 amide bonds. The number of ketones is 1. The minimum atomic E-state index is -1.01. The van der Waals surface area contributed by atoms with Crippen LogP contribution in [0.3, 0.4) is 0 Å². The van der Waals surface area contributed by atoms with Crippen molar-refractivity contribution in [3.8, 4) is 11.1 Å². The summed E-state index contributed by atoms with van der Waals surface area (Å²) in [5, 5.41) is -0.458. The lowest BCUT2D eigenvalue weighted by atomic mass is 10.0. The lowest BCUT2D eigenvalue weighted by molar-refractivity contribution is -0.108. The number of hydrogen-bond donors (Lipinski definition) is 0. The fourth-order valence-corrected chi connectivity index (χ4v) is 2.60. The smallest absolute Gasteiger partial charge is 0.294 e. The Bertz CT molecular complexity index is 868. The van der Waals surface area contributed by atoms with E-state index in [4.69, 9.17) is 23.2 Å². The molecule has 5 heteroatoms. The Labute approximate surface area is 130 Å². The summed E-state index contributed by atoms with van der Waals surface area (Å²) in [6.45, 7) is 0. The molecule has 0 saturated heterocycles. The minimum absolute atomic E-state index is 0.243. The van der Waals surface area contributed by atoms with E-state index in [-0.39, 0.29) is 5.69 Å². The Morgan fingerprint density at radius 3 is 2.52 bits per heavy atom. The molecule has 3 rings (SSSR count). The second-order valence-electron chi connectivity index (χ2n) is 4.52. The normalized spacial score (nSPS) is 10.8. The van der Waals surface area contributed by atoms with E-state index in [2.05, 4.69) is 0 Å². The van der Waals surface area contributed by atoms with Crippen LogP contribution < -0.4 is 0 Å². The van der Waals surface area contributed by atoms with Gasteiger partial charge in [-0.1, -0.05) is 29.8 Å². The lowest BCUT2D eigenvalue weighted by Crippen LogP contribution is -2.11. The fraction of sp³-hybridized carbons (Fsp3) is 0. The van der Waals surface area contributed by atoms with E-state index in [1.807, 2.05) is 24.3 Å². The molecule has 0 aliphatic carbocycles. The molecule has 1 aromatic carbocycles. The average Bonchev–Trinajstić information content (AvgIpc) is 2.85. The SMILES string of the molecule is O=C(Cl)C(=O)c1c(-c2cccc(Cl)c2)cc2ccccn12. The van der Waals surface area contributed by atoms with Gasteiger partial charge in [-0.25, -0.2) is 0 Å². The first-order chi connectivity index (χ1) is 10.1. The summed E-state index contributed by atoms with van der Waals surface area (Å²) in [5.41, 5.74) is 2.43. The van der Waals surface area contributed by atoms with Crippen molar-refractivity contribution in [1.82, 2.24) is 4.40 Å². The third kappa shape index (κ3) is 2.46. The molecule has 104 valence electrons. The molecule has 0 aliphatic heterocycles. The first kappa shape index (κ1) is 13.9. The summed E-state index contributed by atoms with van der Waals surface area (Å²) in [4.78, 5) is 23.5. The van der Waals surface area contributed by atoms with Gasteiger partial charge < -0.3 is 4.40 Å². The third-order valence-electron chi connectivity index (χ3n) is 3.21. The van der Waals surface area contributed by atoms with Crippen LogP contribution in [0.25, 0.3) is 16.6 Å². The van der Waals surface area contributed by atoms with Gasteiger partial charge in [0.2, 0.25) is 0 Å². The van der Waals surface area contributed by atoms with Crippen LogP contribution in [0.15, 0.2) is 54.7 Å². The van der Waals surface area contributed by atoms with E-state index in [1.54, 1.807) is 34.9 Å². The highest BCUT2D eigenvalue weighted by Gasteiger charge is 2.23. The van der Waals surface area contributed by atoms with E-state index in [0.717, 1.165) is 11.1 Å². The van der Waals surface area contributed by atoms with Crippen LogP contribution in [0, 0.1) is 0 Å². The van der Waals surface area contributed by atoms with Crippen LogP contribution >= 0.6 is 23.2 Å². The number of pyridine rings is 1. The van der Waals surface area contributed by atoms with Crippen molar-refractivity contribution in [2.75, 3.05) is 0 Å². The highest BCUT2D eigenvalue weighted by atomic mass is 35.5. The molecule has 21 heavy (non-hydrogen) atoms. The Morgan fingerprint density at radius 2 is 1.81 bits per heavy atom. The summed E-state index contributed by atoms with van der Waals surface area (Å²) in [5.74, 6) is -0.738. The molecule has 0 radical (unpaired) electrons. The Balaban J connectivity index is 2.34. The number of rotatable bonds is 3. The van der Waals surface area contributed by atoms with Crippen molar-refractivity contribution in [3.63, 3.8) is 0 Å². The second kappa shape index (κ2) is 5.35. The summed E-state index contributed by atoms with van der Waals surface area (Å²) in [7, 11) is 0. The molecule has 0 atom stereocenters. The first-order valence-electron chi connectivity index (χ1n) is 6.18. The van der Waals surface area contributed by atoms with Crippen LogP contribution in [0.1, 0.15) is 10.5 Å². The standard InChI is InChI=1S/C16H9Cl2NO2/c17-11-5-3-4-10(8-11)13-9-12-6-1-2-7-19(12)14(13)15(20)16(18)21/h1-9H. The van der Waals surface area contributed by atoms with Crippen LogP contribution in [0.4, 0.5) is 0 Å². The van der Waals surface area contributed by atoms with Gasteiger partial charge in [0.25, 0.3) is 11.0 Å². The van der Waals surface area contributed by atoms with Crippen molar-refractivity contribution < 1.29 is 9.59 Å². The van der Waals surface area contributed by atoms with Crippen molar-refractivity contribution in [1.29, 1.82) is 0 Å². The number of Topliss-reactive ketones (excluding diaryl/α,β-unsaturated/α-hetero) is 1. The number of carbonyl (C=O) groups excluding carboxylic acids is 2. The maximum atomic E-state index is 12.2. The Kier molecular flexibility index (Phi) is 3.53. The van der Waals surface area contributed by atoms with Crippen molar-refractivity contribution in [3.05, 3.63) is 65.4 Å². The molecule has 2 heterocycles. The molecule has 0 saturated carbocycles. The highest BCUT2D eigenvalue weighted by Crippen LogP contribution is 2.30. The topological polar surface area (TPSA) is 38.5 Å². The molecule has 0 spiro atoms. The third-order valence-corrected chi connectivity index (χ3v) is 3.62. The molecule has 0 bridgehead atoms. The van der Waals surface area contributed by atoms with E-state index in [1.165, 1.54) is 0 Å². The maximum Gasteiger partial charge on any atom is 0.294 e. The van der Waals surface area contributed by atoms with Gasteiger partial charge in [-0.15, -0.1) is 0 Å². The van der Waals surface area contributed by atoms with Crippen LogP contribution in [-0.4, -0.2) is 15.4 Å². The Hall–Kier alpha value is -2.10. The monoisotopic (exact) mass is 317 g/mol. The molecule has 3 aromatic rings. The molecule has 2 aromatic heterocycles. The van der Waals surface area contributed by atoms with Crippen molar-refractivity contribution in [2.24, 2.45) is 0 Å². The lowest BCUT2D eigenvalue weighted by Gasteiger charge is -2.04. The summed E-state index contributed by atoms with van der Waals surface area (Å²) in [6, 6.07) is 14.4. The highest BCUT2D eigenvalue weighted by molar-refractivity contribution is 6.83. The van der Waals surface area contributed by atoms with E-state index in [9.17, 15) is 9.59 Å². The van der Waals surface area contributed by atoms with Gasteiger partial charge in [-0.2, -0.15) is 0 Å². The predicted molar refractivity (Wildman–Crippen MR) is 83.0 cm³/mol. The van der Waals surface area contributed by atoms with Gasteiger partial charge in [0.15, 0.2) is 0 Å². The van der Waals surface area contributed by atoms with E-state index < -0.39 is 11.0 Å². The molecule has 0 N–H and O–H groups in total. The van der Waals surface area contributed by atoms with E-state index >= 15 is 0 Å². The number of hydrogen-bond acceptors (Lipinski definition) is 2. The number of carbonyl (C=O) groups is 2. The van der Waals surface area contributed by atoms with Gasteiger partial charge in [-0.05, 0) is 47.5 Å². The molecular formula is C16H9Cl2NO2. The maximum absolute atomic E-state index is 12.2. The van der Waals surface area contributed by atoms with Gasteiger partial charge in [0.05, 0.1) is 0 Å². The second-order valence-corrected chi connectivity index (χ2v) is 5.30. The Morgan fingerprint density at radius 1 is 1.00 bits per heavy atom. The number of benzene rings is 1. The molecule has 3 nitrogen and oxygen atoms in total. The zero-order valence-electron chi connectivity index (χ0n) is 10.7. The number of nitrogens with zero attached hydrogens (tertiary/aromatic N) is 1. The molecule has 0 fully saturated rings. The number of fused-ring (bicyclic) bond motifs is 1. The van der Waals surface area contributed by atoms with Crippen molar-refractivity contribution in [2.45, 2.75) is 0 Å². The van der Waals surface area contributed by atoms with Crippen LogP contribution in [0.5, 0.6) is 0 Å². The molecule has 0 unspecified atom stereocenters. The zero-order chi connectivity index (χ0) is 15.0. The quantitative estimate of drug-likeness (QED) is 0.412. The van der Waals surface area contributed by atoms with Crippen LogP contribution in [0.2, 0.25) is 5.02 Å². The van der Waals surface area contributed by atoms with Gasteiger partial charge in [0.1, 0.15) is 5.69 Å². The van der Waals surface area contributed by atoms with Crippen molar-refractivity contribution >= 4 is 39.7 Å². The largest absolute Gasteiger partial charge is 0.313 e. The number of halogens is 2. The molecular weight excluding hydrogens is 309 g/mol. The number of aromatic nitrogens is 1. The summed E-state index contributed by atoms with van der Waals surface area (Å²) in [6.07, 6.45) is 1.72. The first-order valence-corrected chi connectivity index (χ1v) is 6.93. The van der Waals surface area contributed by atoms with Gasteiger partial charge >= 0.3 is 0 Å². The van der Waals surface area contributed by atoms with Gasteiger partial charge in [-0.3, -0.25) is 9.59 Å². The fourth-order valence-electron chi connectivity index (χ4n) is 2.32. The van der Waals surface area contributed by atoms with Gasteiger partial charge in [0, 0.05) is 22.3 Å². The van der Waals surface area contributed by atoms with Crippen LogP contribution in [-0.2, 0) is 4.79 Å². The molecule has 0 aliphatic rings.